The van der Waals surface area contributed by atoms with Crippen LogP contribution in [0.2, 0.25) is 0 Å². The van der Waals surface area contributed by atoms with Crippen LogP contribution in [0.3, 0.4) is 0 Å². The molecular formula is C16H17F2NO2. The Balaban J connectivity index is 2.30. The molecule has 0 aromatic heterocycles. The number of hydrogen-bond acceptors (Lipinski definition) is 3. The third-order valence-electron chi connectivity index (χ3n) is 3.35. The topological polar surface area (TPSA) is 41.5 Å². The van der Waals surface area contributed by atoms with Crippen LogP contribution in [0.25, 0.3) is 0 Å². The van der Waals surface area contributed by atoms with E-state index in [1.807, 2.05) is 0 Å². The number of aryl methyl sites for hydroxylation is 1. The Labute approximate surface area is 122 Å². The minimum absolute atomic E-state index is 0.00261. The summed E-state index contributed by atoms with van der Waals surface area (Å²) in [5, 5.41) is 12.7. The summed E-state index contributed by atoms with van der Waals surface area (Å²) in [5.74, 6) is -0.785. The number of benzene rings is 2. The minimum Gasteiger partial charge on any atom is -0.507 e. The molecule has 0 saturated heterocycles. The number of phenolic OH excluding ortho intramolecular Hbond substituents is 1. The van der Waals surface area contributed by atoms with E-state index in [9.17, 15) is 13.9 Å². The van der Waals surface area contributed by atoms with E-state index in [1.54, 1.807) is 26.0 Å². The molecule has 1 unspecified atom stereocenters. The fraction of sp³-hybridized carbons (Fsp3) is 0.250. The number of methoxy groups -OCH3 is 1. The van der Waals surface area contributed by atoms with Gasteiger partial charge < -0.3 is 15.2 Å². The number of halogens is 2. The average molecular weight is 293 g/mol. The molecule has 0 aliphatic heterocycles. The van der Waals surface area contributed by atoms with Gasteiger partial charge in [-0.2, -0.15) is 0 Å². The lowest BCUT2D eigenvalue weighted by molar-refractivity contribution is 0.406. The second-order valence-corrected chi connectivity index (χ2v) is 4.84. The Hall–Kier alpha value is -2.30. The van der Waals surface area contributed by atoms with Crippen LogP contribution in [-0.4, -0.2) is 12.2 Å². The quantitative estimate of drug-likeness (QED) is 0.889. The van der Waals surface area contributed by atoms with E-state index >= 15 is 0 Å². The minimum atomic E-state index is -0.669. The second-order valence-electron chi connectivity index (χ2n) is 4.84. The van der Waals surface area contributed by atoms with Crippen LogP contribution in [-0.2, 0) is 0 Å². The van der Waals surface area contributed by atoms with Crippen LogP contribution in [0.5, 0.6) is 11.5 Å². The van der Waals surface area contributed by atoms with Crippen molar-refractivity contribution in [3.63, 3.8) is 0 Å². The zero-order valence-electron chi connectivity index (χ0n) is 12.1. The van der Waals surface area contributed by atoms with Crippen molar-refractivity contribution in [2.24, 2.45) is 0 Å². The van der Waals surface area contributed by atoms with E-state index in [-0.39, 0.29) is 11.4 Å². The Morgan fingerprint density at radius 3 is 2.52 bits per heavy atom. The van der Waals surface area contributed by atoms with Crippen LogP contribution in [0.4, 0.5) is 14.5 Å². The molecule has 0 saturated carbocycles. The summed E-state index contributed by atoms with van der Waals surface area (Å²) >= 11 is 0. The highest BCUT2D eigenvalue weighted by Gasteiger charge is 2.17. The lowest BCUT2D eigenvalue weighted by atomic mass is 10.1. The molecule has 2 N–H and O–H groups in total. The molecule has 3 nitrogen and oxygen atoms in total. The van der Waals surface area contributed by atoms with Gasteiger partial charge in [0.25, 0.3) is 0 Å². The van der Waals surface area contributed by atoms with Gasteiger partial charge in [0, 0.05) is 11.6 Å². The molecule has 2 aromatic carbocycles. The van der Waals surface area contributed by atoms with Crippen molar-refractivity contribution in [3.05, 3.63) is 53.1 Å². The van der Waals surface area contributed by atoms with Crippen LogP contribution in [0, 0.1) is 18.6 Å². The van der Waals surface area contributed by atoms with Gasteiger partial charge in [0.1, 0.15) is 23.0 Å². The molecule has 0 aliphatic carbocycles. The summed E-state index contributed by atoms with van der Waals surface area (Å²) in [7, 11) is 1.49. The highest BCUT2D eigenvalue weighted by atomic mass is 19.1. The smallest absolute Gasteiger partial charge is 0.152 e. The van der Waals surface area contributed by atoms with Crippen LogP contribution >= 0.6 is 0 Å². The Bertz CT molecular complexity index is 659. The summed E-state index contributed by atoms with van der Waals surface area (Å²) in [6.45, 7) is 3.28. The number of aromatic hydroxyl groups is 1. The summed E-state index contributed by atoms with van der Waals surface area (Å²) in [5.41, 5.74) is 0.680. The number of ether oxygens (including phenoxy) is 1. The molecule has 0 aliphatic rings. The third-order valence-corrected chi connectivity index (χ3v) is 3.35. The maximum atomic E-state index is 14.0. The summed E-state index contributed by atoms with van der Waals surface area (Å²) in [4.78, 5) is 0. The van der Waals surface area contributed by atoms with Crippen molar-refractivity contribution >= 4 is 5.69 Å². The average Bonchev–Trinajstić information content (AvgIpc) is 2.47. The number of anilines is 1. The summed E-state index contributed by atoms with van der Waals surface area (Å²) in [6.07, 6.45) is 0. The van der Waals surface area contributed by atoms with Crippen molar-refractivity contribution in [1.82, 2.24) is 0 Å². The molecule has 2 aromatic rings. The predicted molar refractivity (Wildman–Crippen MR) is 77.8 cm³/mol. The maximum Gasteiger partial charge on any atom is 0.152 e. The van der Waals surface area contributed by atoms with E-state index in [4.69, 9.17) is 4.74 Å². The third kappa shape index (κ3) is 3.07. The van der Waals surface area contributed by atoms with E-state index < -0.39 is 17.7 Å². The number of nitrogens with one attached hydrogen (secondary N) is 1. The maximum absolute atomic E-state index is 14.0. The van der Waals surface area contributed by atoms with Gasteiger partial charge >= 0.3 is 0 Å². The Kier molecular flexibility index (Phi) is 4.31. The fourth-order valence-corrected chi connectivity index (χ4v) is 2.10. The van der Waals surface area contributed by atoms with Gasteiger partial charge in [-0.1, -0.05) is 6.07 Å². The highest BCUT2D eigenvalue weighted by molar-refractivity contribution is 5.52. The molecule has 0 heterocycles. The van der Waals surface area contributed by atoms with Gasteiger partial charge in [-0.05, 0) is 37.6 Å². The number of phenols is 1. The summed E-state index contributed by atoms with van der Waals surface area (Å²) < 4.78 is 32.7. The molecule has 0 radical (unpaired) electrons. The van der Waals surface area contributed by atoms with Gasteiger partial charge in [-0.15, -0.1) is 0 Å². The summed E-state index contributed by atoms with van der Waals surface area (Å²) in [6, 6.07) is 6.90. The zero-order valence-corrected chi connectivity index (χ0v) is 12.1. The van der Waals surface area contributed by atoms with Gasteiger partial charge in [-0.3, -0.25) is 0 Å². The van der Waals surface area contributed by atoms with Crippen molar-refractivity contribution < 1.29 is 18.6 Å². The zero-order chi connectivity index (χ0) is 15.6. The molecule has 5 heteroatoms. The monoisotopic (exact) mass is 293 g/mol. The van der Waals surface area contributed by atoms with Crippen molar-refractivity contribution in [2.75, 3.05) is 12.4 Å². The number of rotatable bonds is 4. The molecular weight excluding hydrogens is 276 g/mol. The first-order valence-electron chi connectivity index (χ1n) is 6.52. The van der Waals surface area contributed by atoms with Gasteiger partial charge in [-0.25, -0.2) is 8.78 Å². The first kappa shape index (κ1) is 15.1. The van der Waals surface area contributed by atoms with Gasteiger partial charge in [0.2, 0.25) is 0 Å². The normalized spacial score (nSPS) is 12.0. The SMILES string of the molecule is COc1ccc(C(C)Nc2c(F)ccc(C)c2F)c(O)c1. The molecule has 1 atom stereocenters. The second kappa shape index (κ2) is 5.99. The standard InChI is InChI=1S/C16H17F2NO2/c1-9-4-7-13(17)16(15(9)18)19-10(2)12-6-5-11(21-3)8-14(12)20/h4-8,10,19-20H,1-3H3. The van der Waals surface area contributed by atoms with Crippen molar-refractivity contribution in [3.8, 4) is 11.5 Å². The lowest BCUT2D eigenvalue weighted by Crippen LogP contribution is -2.10. The lowest BCUT2D eigenvalue weighted by Gasteiger charge is -2.19. The molecule has 0 bridgehead atoms. The van der Waals surface area contributed by atoms with Crippen LogP contribution in [0.15, 0.2) is 30.3 Å². The molecule has 0 fully saturated rings. The van der Waals surface area contributed by atoms with Gasteiger partial charge in [0.15, 0.2) is 5.82 Å². The number of hydrogen-bond donors (Lipinski definition) is 2. The first-order chi connectivity index (χ1) is 9.93. The van der Waals surface area contributed by atoms with E-state index in [2.05, 4.69) is 5.32 Å². The van der Waals surface area contributed by atoms with Crippen LogP contribution in [0.1, 0.15) is 24.1 Å². The van der Waals surface area contributed by atoms with Gasteiger partial charge in [0.05, 0.1) is 13.2 Å². The van der Waals surface area contributed by atoms with E-state index in [0.717, 1.165) is 0 Å². The van der Waals surface area contributed by atoms with E-state index in [0.29, 0.717) is 16.9 Å². The molecule has 112 valence electrons. The highest BCUT2D eigenvalue weighted by Crippen LogP contribution is 2.32. The molecule has 0 spiro atoms. The fourth-order valence-electron chi connectivity index (χ4n) is 2.10. The molecule has 21 heavy (non-hydrogen) atoms. The largest absolute Gasteiger partial charge is 0.507 e. The predicted octanol–water partition coefficient (Wildman–Crippen LogP) is 4.16. The van der Waals surface area contributed by atoms with Crippen molar-refractivity contribution in [2.45, 2.75) is 19.9 Å². The Morgan fingerprint density at radius 2 is 1.90 bits per heavy atom. The molecule has 0 amide bonds. The van der Waals surface area contributed by atoms with Crippen molar-refractivity contribution in [1.29, 1.82) is 0 Å². The van der Waals surface area contributed by atoms with Crippen LogP contribution < -0.4 is 10.1 Å². The van der Waals surface area contributed by atoms with E-state index in [1.165, 1.54) is 25.3 Å². The molecule has 2 rings (SSSR count). The Morgan fingerprint density at radius 1 is 1.19 bits per heavy atom. The first-order valence-corrected chi connectivity index (χ1v) is 6.52.